The van der Waals surface area contributed by atoms with Crippen LogP contribution >= 0.6 is 11.6 Å². The van der Waals surface area contributed by atoms with E-state index < -0.39 is 0 Å². The molecule has 0 amide bonds. The zero-order valence-electron chi connectivity index (χ0n) is 13.3. The molecule has 20 heavy (non-hydrogen) atoms. The van der Waals surface area contributed by atoms with E-state index in [1.807, 2.05) is 6.07 Å². The zero-order chi connectivity index (χ0) is 14.9. The van der Waals surface area contributed by atoms with Gasteiger partial charge in [-0.15, -0.1) is 0 Å². The lowest BCUT2D eigenvalue weighted by atomic mass is 10.1. The highest BCUT2D eigenvalue weighted by molar-refractivity contribution is 6.30. The third-order valence-electron chi connectivity index (χ3n) is 4.15. The van der Waals surface area contributed by atoms with Crippen LogP contribution in [0.4, 0.5) is 5.69 Å². The van der Waals surface area contributed by atoms with E-state index >= 15 is 0 Å². The van der Waals surface area contributed by atoms with Crippen molar-refractivity contribution in [3.05, 3.63) is 28.8 Å². The first-order valence-electron chi connectivity index (χ1n) is 7.54. The van der Waals surface area contributed by atoms with Gasteiger partial charge in [-0.2, -0.15) is 0 Å². The fraction of sp³-hybridized carbons (Fsp3) is 0.647. The molecule has 1 fully saturated rings. The van der Waals surface area contributed by atoms with Gasteiger partial charge in [-0.3, -0.25) is 0 Å². The Morgan fingerprint density at radius 3 is 2.55 bits per heavy atom. The number of hydrogen-bond donors (Lipinski definition) is 1. The van der Waals surface area contributed by atoms with Crippen LogP contribution in [0.3, 0.4) is 0 Å². The van der Waals surface area contributed by atoms with Crippen LogP contribution in [0.15, 0.2) is 18.2 Å². The molecule has 112 valence electrons. The molecule has 0 bridgehead atoms. The molecule has 1 saturated carbocycles. The van der Waals surface area contributed by atoms with Gasteiger partial charge in [-0.25, -0.2) is 0 Å². The molecule has 0 aromatic heterocycles. The first-order chi connectivity index (χ1) is 9.28. The summed E-state index contributed by atoms with van der Waals surface area (Å²) >= 11 is 6.18. The highest BCUT2D eigenvalue weighted by Crippen LogP contribution is 2.37. The van der Waals surface area contributed by atoms with Crippen molar-refractivity contribution in [2.75, 3.05) is 11.9 Å². The maximum absolute atomic E-state index is 6.18. The minimum atomic E-state index is 0.111. The van der Waals surface area contributed by atoms with Gasteiger partial charge in [0.15, 0.2) is 0 Å². The van der Waals surface area contributed by atoms with E-state index in [4.69, 9.17) is 11.6 Å². The topological polar surface area (TPSA) is 15.3 Å². The Balaban J connectivity index is 2.18. The Morgan fingerprint density at radius 1 is 1.35 bits per heavy atom. The van der Waals surface area contributed by atoms with Crippen molar-refractivity contribution in [2.45, 2.75) is 58.7 Å². The second-order valence-corrected chi connectivity index (χ2v) is 7.50. The lowest BCUT2D eigenvalue weighted by molar-refractivity contribution is 0.424. The number of benzene rings is 1. The standard InChI is InChI=1S/C17H27ClN2/c1-12(13-6-7-13)20(5)16-9-8-15(18)10-14(16)11-19-17(2,3)4/h8-10,12-13,19H,6-7,11H2,1-5H3. The number of rotatable bonds is 5. The summed E-state index contributed by atoms with van der Waals surface area (Å²) in [5.41, 5.74) is 2.69. The average Bonchev–Trinajstić information content (AvgIpc) is 3.18. The summed E-state index contributed by atoms with van der Waals surface area (Å²) in [6.45, 7) is 9.74. The molecule has 0 radical (unpaired) electrons. The molecule has 0 spiro atoms. The molecule has 0 aliphatic heterocycles. The van der Waals surface area contributed by atoms with E-state index in [1.54, 1.807) is 0 Å². The summed E-state index contributed by atoms with van der Waals surface area (Å²) in [5, 5.41) is 4.37. The molecule has 1 aliphatic rings. The van der Waals surface area contributed by atoms with Crippen molar-refractivity contribution >= 4 is 17.3 Å². The Hall–Kier alpha value is -0.730. The smallest absolute Gasteiger partial charge is 0.0412 e. The van der Waals surface area contributed by atoms with E-state index in [0.29, 0.717) is 6.04 Å². The highest BCUT2D eigenvalue weighted by atomic mass is 35.5. The molecule has 0 saturated heterocycles. The van der Waals surface area contributed by atoms with Crippen molar-refractivity contribution in [1.29, 1.82) is 0 Å². The van der Waals surface area contributed by atoms with Gasteiger partial charge in [0.05, 0.1) is 0 Å². The summed E-state index contributed by atoms with van der Waals surface area (Å²) in [6.07, 6.45) is 2.74. The molecular formula is C17H27ClN2. The molecule has 1 unspecified atom stereocenters. The highest BCUT2D eigenvalue weighted by Gasteiger charge is 2.31. The van der Waals surface area contributed by atoms with Crippen LogP contribution in [-0.4, -0.2) is 18.6 Å². The van der Waals surface area contributed by atoms with Gasteiger partial charge in [0.1, 0.15) is 0 Å². The van der Waals surface area contributed by atoms with Crippen molar-refractivity contribution < 1.29 is 0 Å². The largest absolute Gasteiger partial charge is 0.371 e. The molecule has 1 aliphatic carbocycles. The Labute approximate surface area is 128 Å². The third kappa shape index (κ3) is 4.13. The summed E-state index contributed by atoms with van der Waals surface area (Å²) in [4.78, 5) is 2.41. The quantitative estimate of drug-likeness (QED) is 0.862. The second kappa shape index (κ2) is 5.95. The van der Waals surface area contributed by atoms with Crippen LogP contribution in [0.1, 0.15) is 46.1 Å². The average molecular weight is 295 g/mol. The molecule has 1 N–H and O–H groups in total. The van der Waals surface area contributed by atoms with E-state index in [-0.39, 0.29) is 5.54 Å². The Morgan fingerprint density at radius 2 is 2.00 bits per heavy atom. The fourth-order valence-electron chi connectivity index (χ4n) is 2.51. The van der Waals surface area contributed by atoms with Crippen LogP contribution in [0.2, 0.25) is 5.02 Å². The predicted molar refractivity (Wildman–Crippen MR) is 88.6 cm³/mol. The molecule has 1 aromatic rings. The lowest BCUT2D eigenvalue weighted by Gasteiger charge is -2.30. The van der Waals surface area contributed by atoms with Gasteiger partial charge >= 0.3 is 0 Å². The van der Waals surface area contributed by atoms with Crippen molar-refractivity contribution in [1.82, 2.24) is 5.32 Å². The zero-order valence-corrected chi connectivity index (χ0v) is 14.1. The fourth-order valence-corrected chi connectivity index (χ4v) is 2.71. The van der Waals surface area contributed by atoms with Crippen LogP contribution in [0.5, 0.6) is 0 Å². The van der Waals surface area contributed by atoms with Gasteiger partial charge in [0.25, 0.3) is 0 Å². The normalized spacial score (nSPS) is 17.1. The first kappa shape index (κ1) is 15.7. The van der Waals surface area contributed by atoms with Gasteiger partial charge in [-0.1, -0.05) is 11.6 Å². The Bertz CT molecular complexity index is 461. The van der Waals surface area contributed by atoms with Gasteiger partial charge < -0.3 is 10.2 Å². The van der Waals surface area contributed by atoms with Gasteiger partial charge in [-0.05, 0) is 70.2 Å². The summed E-state index contributed by atoms with van der Waals surface area (Å²) in [5.74, 6) is 0.860. The molecule has 1 atom stereocenters. The number of hydrogen-bond acceptors (Lipinski definition) is 2. The van der Waals surface area contributed by atoms with Gasteiger partial charge in [0, 0.05) is 35.9 Å². The molecule has 1 aromatic carbocycles. The van der Waals surface area contributed by atoms with Crippen LogP contribution in [0, 0.1) is 5.92 Å². The van der Waals surface area contributed by atoms with Crippen LogP contribution < -0.4 is 10.2 Å². The monoisotopic (exact) mass is 294 g/mol. The molecule has 2 nitrogen and oxygen atoms in total. The minimum Gasteiger partial charge on any atom is -0.371 e. The minimum absolute atomic E-state index is 0.111. The third-order valence-corrected chi connectivity index (χ3v) is 4.38. The van der Waals surface area contributed by atoms with E-state index in [0.717, 1.165) is 17.5 Å². The van der Waals surface area contributed by atoms with Crippen molar-refractivity contribution in [3.8, 4) is 0 Å². The number of halogens is 1. The van der Waals surface area contributed by atoms with Crippen LogP contribution in [-0.2, 0) is 6.54 Å². The lowest BCUT2D eigenvalue weighted by Crippen LogP contribution is -2.36. The number of nitrogens with one attached hydrogen (secondary N) is 1. The molecular weight excluding hydrogens is 268 g/mol. The second-order valence-electron chi connectivity index (χ2n) is 7.07. The summed E-state index contributed by atoms with van der Waals surface area (Å²) < 4.78 is 0. The molecule has 0 heterocycles. The summed E-state index contributed by atoms with van der Waals surface area (Å²) in [6, 6.07) is 6.84. The summed E-state index contributed by atoms with van der Waals surface area (Å²) in [7, 11) is 2.20. The SMILES string of the molecule is CC(C1CC1)N(C)c1ccc(Cl)cc1CNC(C)(C)C. The number of nitrogens with zero attached hydrogens (tertiary/aromatic N) is 1. The van der Waals surface area contributed by atoms with Gasteiger partial charge in [0.2, 0.25) is 0 Å². The van der Waals surface area contributed by atoms with Crippen molar-refractivity contribution in [3.63, 3.8) is 0 Å². The van der Waals surface area contributed by atoms with Crippen LogP contribution in [0.25, 0.3) is 0 Å². The Kier molecular flexibility index (Phi) is 4.66. The van der Waals surface area contributed by atoms with Crippen molar-refractivity contribution in [2.24, 2.45) is 5.92 Å². The van der Waals surface area contributed by atoms with E-state index in [2.05, 4.69) is 57.1 Å². The maximum atomic E-state index is 6.18. The van der Waals surface area contributed by atoms with E-state index in [1.165, 1.54) is 24.1 Å². The first-order valence-corrected chi connectivity index (χ1v) is 7.92. The maximum Gasteiger partial charge on any atom is 0.0412 e. The van der Waals surface area contributed by atoms with E-state index in [9.17, 15) is 0 Å². The predicted octanol–water partition coefficient (Wildman–Crippen LogP) is 4.46. The molecule has 2 rings (SSSR count). The number of anilines is 1. The molecule has 3 heteroatoms.